The van der Waals surface area contributed by atoms with E-state index in [1.807, 2.05) is 0 Å². The number of nitrogens with zero attached hydrogens (tertiary/aromatic N) is 1. The van der Waals surface area contributed by atoms with Crippen molar-refractivity contribution < 1.29 is 0 Å². The molecule has 2 fully saturated rings. The van der Waals surface area contributed by atoms with E-state index < -0.39 is 0 Å². The molecular formula is C17H34N2S. The highest BCUT2D eigenvalue weighted by Gasteiger charge is 2.37. The van der Waals surface area contributed by atoms with Crippen molar-refractivity contribution in [3.63, 3.8) is 0 Å². The minimum Gasteiger partial charge on any atom is -0.316 e. The first-order valence-corrected chi connectivity index (χ1v) is 9.50. The predicted molar refractivity (Wildman–Crippen MR) is 91.6 cm³/mol. The topological polar surface area (TPSA) is 15.3 Å². The van der Waals surface area contributed by atoms with E-state index >= 15 is 0 Å². The molecule has 0 radical (unpaired) electrons. The molecular weight excluding hydrogens is 264 g/mol. The second-order valence-corrected chi connectivity index (χ2v) is 9.58. The Morgan fingerprint density at radius 1 is 1.25 bits per heavy atom. The number of rotatable bonds is 5. The first-order chi connectivity index (χ1) is 9.45. The van der Waals surface area contributed by atoms with E-state index in [0.29, 0.717) is 10.2 Å². The standard InChI is InChI=1S/C17H34N2S/c1-5-18-12-17(8-6-15(2)7-9-17)14-19-10-11-20-16(3,4)13-19/h15,18H,5-14H2,1-4H3. The maximum atomic E-state index is 3.65. The average Bonchev–Trinajstić information content (AvgIpc) is 2.39. The maximum Gasteiger partial charge on any atom is 0.0231 e. The summed E-state index contributed by atoms with van der Waals surface area (Å²) >= 11 is 2.15. The van der Waals surface area contributed by atoms with Crippen LogP contribution >= 0.6 is 11.8 Å². The van der Waals surface area contributed by atoms with Gasteiger partial charge in [0.1, 0.15) is 0 Å². The zero-order valence-electron chi connectivity index (χ0n) is 14.0. The van der Waals surface area contributed by atoms with E-state index in [1.165, 1.54) is 57.6 Å². The Labute approximate surface area is 130 Å². The molecule has 2 rings (SSSR count). The van der Waals surface area contributed by atoms with Gasteiger partial charge in [-0.1, -0.05) is 26.7 Å². The summed E-state index contributed by atoms with van der Waals surface area (Å²) < 4.78 is 0.444. The Morgan fingerprint density at radius 2 is 1.95 bits per heavy atom. The quantitative estimate of drug-likeness (QED) is 0.834. The summed E-state index contributed by atoms with van der Waals surface area (Å²) in [4.78, 5) is 2.75. The molecule has 0 atom stereocenters. The van der Waals surface area contributed by atoms with Crippen LogP contribution in [0, 0.1) is 11.3 Å². The third-order valence-electron chi connectivity index (χ3n) is 5.15. The van der Waals surface area contributed by atoms with Gasteiger partial charge < -0.3 is 10.2 Å². The van der Waals surface area contributed by atoms with Gasteiger partial charge in [-0.05, 0) is 44.6 Å². The van der Waals surface area contributed by atoms with Gasteiger partial charge in [-0.3, -0.25) is 0 Å². The summed E-state index contributed by atoms with van der Waals surface area (Å²) in [7, 11) is 0. The molecule has 20 heavy (non-hydrogen) atoms. The minimum atomic E-state index is 0.444. The van der Waals surface area contributed by atoms with Crippen LogP contribution in [0.4, 0.5) is 0 Å². The lowest BCUT2D eigenvalue weighted by Crippen LogP contribution is -2.51. The van der Waals surface area contributed by atoms with Crippen LogP contribution in [-0.4, -0.2) is 48.1 Å². The van der Waals surface area contributed by atoms with Crippen LogP contribution in [0.15, 0.2) is 0 Å². The van der Waals surface area contributed by atoms with E-state index in [-0.39, 0.29) is 0 Å². The van der Waals surface area contributed by atoms with E-state index in [0.717, 1.165) is 12.5 Å². The van der Waals surface area contributed by atoms with Crippen LogP contribution in [0.1, 0.15) is 53.4 Å². The van der Waals surface area contributed by atoms with Crippen LogP contribution in [0.3, 0.4) is 0 Å². The summed E-state index contributed by atoms with van der Waals surface area (Å²) in [6.07, 6.45) is 5.70. The first kappa shape index (κ1) is 16.6. The molecule has 0 aromatic heterocycles. The molecule has 3 heteroatoms. The van der Waals surface area contributed by atoms with Crippen molar-refractivity contribution >= 4 is 11.8 Å². The van der Waals surface area contributed by atoms with Gasteiger partial charge in [0.15, 0.2) is 0 Å². The van der Waals surface area contributed by atoms with Crippen LogP contribution in [0.25, 0.3) is 0 Å². The SMILES string of the molecule is CCNCC1(CN2CCSC(C)(C)C2)CCC(C)CC1. The highest BCUT2D eigenvalue weighted by molar-refractivity contribution is 8.00. The lowest BCUT2D eigenvalue weighted by molar-refractivity contribution is 0.0843. The third kappa shape index (κ3) is 4.64. The largest absolute Gasteiger partial charge is 0.316 e. The Balaban J connectivity index is 1.96. The van der Waals surface area contributed by atoms with Gasteiger partial charge in [0.05, 0.1) is 0 Å². The normalized spacial score (nSPS) is 35.1. The zero-order valence-corrected chi connectivity index (χ0v) is 14.8. The van der Waals surface area contributed by atoms with Crippen molar-refractivity contribution in [2.45, 2.75) is 58.1 Å². The zero-order chi connectivity index (χ0) is 14.6. The monoisotopic (exact) mass is 298 g/mol. The van der Waals surface area contributed by atoms with Crippen molar-refractivity contribution in [3.8, 4) is 0 Å². The van der Waals surface area contributed by atoms with Crippen molar-refractivity contribution in [1.29, 1.82) is 0 Å². The second kappa shape index (κ2) is 7.02. The number of thioether (sulfide) groups is 1. The Kier molecular flexibility index (Phi) is 5.84. The van der Waals surface area contributed by atoms with Gasteiger partial charge in [-0.2, -0.15) is 11.8 Å². The molecule has 118 valence electrons. The summed E-state index contributed by atoms with van der Waals surface area (Å²) in [6, 6.07) is 0. The molecule has 1 saturated carbocycles. The summed E-state index contributed by atoms with van der Waals surface area (Å²) in [5.41, 5.74) is 0.542. The van der Waals surface area contributed by atoms with E-state index in [2.05, 4.69) is 49.7 Å². The number of nitrogens with one attached hydrogen (secondary N) is 1. The van der Waals surface area contributed by atoms with Gasteiger partial charge in [-0.25, -0.2) is 0 Å². The molecule has 1 N–H and O–H groups in total. The van der Waals surface area contributed by atoms with Crippen molar-refractivity contribution in [3.05, 3.63) is 0 Å². The molecule has 0 bridgehead atoms. The molecule has 0 aromatic rings. The lowest BCUT2D eigenvalue weighted by atomic mass is 9.70. The maximum absolute atomic E-state index is 3.65. The van der Waals surface area contributed by atoms with Crippen molar-refractivity contribution in [2.75, 3.05) is 38.5 Å². The molecule has 1 saturated heterocycles. The van der Waals surface area contributed by atoms with Crippen LogP contribution < -0.4 is 5.32 Å². The fourth-order valence-electron chi connectivity index (χ4n) is 3.88. The average molecular weight is 299 g/mol. The molecule has 0 aromatic carbocycles. The van der Waals surface area contributed by atoms with Gasteiger partial charge in [0.2, 0.25) is 0 Å². The minimum absolute atomic E-state index is 0.444. The molecule has 0 amide bonds. The van der Waals surface area contributed by atoms with Gasteiger partial charge in [0, 0.05) is 36.7 Å². The van der Waals surface area contributed by atoms with E-state index in [4.69, 9.17) is 0 Å². The Morgan fingerprint density at radius 3 is 2.55 bits per heavy atom. The highest BCUT2D eigenvalue weighted by atomic mass is 32.2. The second-order valence-electron chi connectivity index (χ2n) is 7.78. The first-order valence-electron chi connectivity index (χ1n) is 8.52. The van der Waals surface area contributed by atoms with E-state index in [1.54, 1.807) is 0 Å². The number of hydrogen-bond donors (Lipinski definition) is 1. The smallest absolute Gasteiger partial charge is 0.0231 e. The van der Waals surface area contributed by atoms with Gasteiger partial charge in [0.25, 0.3) is 0 Å². The van der Waals surface area contributed by atoms with Gasteiger partial charge in [-0.15, -0.1) is 0 Å². The lowest BCUT2D eigenvalue weighted by Gasteiger charge is -2.46. The third-order valence-corrected chi connectivity index (χ3v) is 6.45. The summed E-state index contributed by atoms with van der Waals surface area (Å²) in [5.74, 6) is 2.25. The fraction of sp³-hybridized carbons (Fsp3) is 1.00. The number of hydrogen-bond acceptors (Lipinski definition) is 3. The van der Waals surface area contributed by atoms with Crippen LogP contribution in [0.2, 0.25) is 0 Å². The van der Waals surface area contributed by atoms with Crippen molar-refractivity contribution in [2.24, 2.45) is 11.3 Å². The molecule has 1 aliphatic heterocycles. The van der Waals surface area contributed by atoms with Crippen molar-refractivity contribution in [1.82, 2.24) is 10.2 Å². The molecule has 1 aliphatic carbocycles. The molecule has 0 unspecified atom stereocenters. The van der Waals surface area contributed by atoms with Crippen LogP contribution in [0.5, 0.6) is 0 Å². The predicted octanol–water partition coefficient (Wildman–Crippen LogP) is 3.62. The Hall–Kier alpha value is 0.270. The molecule has 1 heterocycles. The van der Waals surface area contributed by atoms with E-state index in [9.17, 15) is 0 Å². The molecule has 0 spiro atoms. The summed E-state index contributed by atoms with van der Waals surface area (Å²) in [5, 5.41) is 3.65. The van der Waals surface area contributed by atoms with Gasteiger partial charge >= 0.3 is 0 Å². The van der Waals surface area contributed by atoms with Crippen LogP contribution in [-0.2, 0) is 0 Å². The molecule has 2 aliphatic rings. The summed E-state index contributed by atoms with van der Waals surface area (Å²) in [6.45, 7) is 15.7. The highest BCUT2D eigenvalue weighted by Crippen LogP contribution is 2.40. The molecule has 2 nitrogen and oxygen atoms in total. The fourth-order valence-corrected chi connectivity index (χ4v) is 5.05. The Bertz CT molecular complexity index is 290.